The van der Waals surface area contributed by atoms with E-state index in [9.17, 15) is 4.79 Å². The fourth-order valence-corrected chi connectivity index (χ4v) is 3.61. The summed E-state index contributed by atoms with van der Waals surface area (Å²) >= 11 is 6.03. The molecule has 0 aromatic heterocycles. The molecule has 3 rings (SSSR count). The van der Waals surface area contributed by atoms with Crippen LogP contribution in [0.5, 0.6) is 5.75 Å². The Labute approximate surface area is 166 Å². The van der Waals surface area contributed by atoms with Crippen LogP contribution in [0.1, 0.15) is 5.56 Å². The van der Waals surface area contributed by atoms with E-state index >= 15 is 0 Å². The second kappa shape index (κ2) is 9.11. The zero-order valence-electron chi connectivity index (χ0n) is 16.0. The first-order valence-corrected chi connectivity index (χ1v) is 9.64. The van der Waals surface area contributed by atoms with Crippen molar-refractivity contribution < 1.29 is 14.4 Å². The number of hydrogen-bond donors (Lipinski definition) is 1. The zero-order chi connectivity index (χ0) is 19.2. The number of ether oxygens (including phenoxy) is 1. The van der Waals surface area contributed by atoms with Crippen molar-refractivity contribution in [2.75, 3.05) is 51.8 Å². The second-order valence-electron chi connectivity index (χ2n) is 6.99. The molecule has 0 unspecified atom stereocenters. The molecule has 1 heterocycles. The number of rotatable bonds is 6. The number of likely N-dealkylation sites (N-methyl/N-ethyl adjacent to an activating group) is 1. The Bertz CT molecular complexity index is 758. The van der Waals surface area contributed by atoms with Crippen LogP contribution in [0.25, 0.3) is 0 Å². The van der Waals surface area contributed by atoms with Crippen molar-refractivity contribution in [3.63, 3.8) is 0 Å². The van der Waals surface area contributed by atoms with Crippen LogP contribution >= 0.6 is 11.6 Å². The topological polar surface area (TPSA) is 37.2 Å². The van der Waals surface area contributed by atoms with Crippen LogP contribution in [0.4, 0.5) is 5.69 Å². The maximum absolute atomic E-state index is 12.6. The number of carbonyl (C=O) groups is 1. The first-order chi connectivity index (χ1) is 13.0. The van der Waals surface area contributed by atoms with Gasteiger partial charge in [-0.2, -0.15) is 0 Å². The third-order valence-corrected chi connectivity index (χ3v) is 5.28. The van der Waals surface area contributed by atoms with Crippen molar-refractivity contribution in [2.45, 2.75) is 6.54 Å². The minimum atomic E-state index is 0.169. The molecule has 2 aromatic carbocycles. The number of quaternary nitrogens is 1. The Kier molecular flexibility index (Phi) is 6.58. The first-order valence-electron chi connectivity index (χ1n) is 9.26. The zero-order valence-corrected chi connectivity index (χ0v) is 16.7. The molecule has 0 aliphatic carbocycles. The van der Waals surface area contributed by atoms with Crippen LogP contribution in [-0.2, 0) is 11.3 Å². The standard InChI is InChI=1S/C21H26ClN3O2/c1-23(15-17-4-3-5-18(22)14-17)21(26)16-24-10-12-25(13-11-24)19-6-8-20(27-2)9-7-19/h3-9,14H,10-13,15-16H2,1-2H3/p+1. The molecule has 6 heteroatoms. The molecule has 0 atom stereocenters. The number of methoxy groups -OCH3 is 1. The van der Waals surface area contributed by atoms with Crippen LogP contribution in [0.15, 0.2) is 48.5 Å². The smallest absolute Gasteiger partial charge is 0.277 e. The van der Waals surface area contributed by atoms with Crippen molar-refractivity contribution in [2.24, 2.45) is 0 Å². The van der Waals surface area contributed by atoms with E-state index in [1.54, 1.807) is 12.0 Å². The van der Waals surface area contributed by atoms with Crippen LogP contribution in [-0.4, -0.2) is 57.7 Å². The van der Waals surface area contributed by atoms with Crippen molar-refractivity contribution in [3.8, 4) is 5.75 Å². The van der Waals surface area contributed by atoms with Gasteiger partial charge in [-0.1, -0.05) is 23.7 Å². The summed E-state index contributed by atoms with van der Waals surface area (Å²) < 4.78 is 5.22. The maximum Gasteiger partial charge on any atom is 0.277 e. The number of halogens is 1. The molecule has 1 fully saturated rings. The summed E-state index contributed by atoms with van der Waals surface area (Å²) in [5.41, 5.74) is 2.26. The highest BCUT2D eigenvalue weighted by atomic mass is 35.5. The molecule has 0 radical (unpaired) electrons. The molecule has 1 amide bonds. The van der Waals surface area contributed by atoms with E-state index in [2.05, 4.69) is 17.0 Å². The summed E-state index contributed by atoms with van der Waals surface area (Å²) in [4.78, 5) is 18.1. The highest BCUT2D eigenvalue weighted by Crippen LogP contribution is 2.19. The van der Waals surface area contributed by atoms with Crippen molar-refractivity contribution in [1.82, 2.24) is 4.90 Å². The quantitative estimate of drug-likeness (QED) is 0.818. The fourth-order valence-electron chi connectivity index (χ4n) is 3.40. The summed E-state index contributed by atoms with van der Waals surface area (Å²) in [6.45, 7) is 4.95. The Morgan fingerprint density at radius 2 is 1.89 bits per heavy atom. The maximum atomic E-state index is 12.6. The Morgan fingerprint density at radius 1 is 1.19 bits per heavy atom. The number of hydrogen-bond acceptors (Lipinski definition) is 3. The van der Waals surface area contributed by atoms with E-state index in [1.165, 1.54) is 10.6 Å². The molecule has 1 N–H and O–H groups in total. The minimum absolute atomic E-state index is 0.169. The first kappa shape index (κ1) is 19.5. The number of nitrogens with zero attached hydrogens (tertiary/aromatic N) is 2. The highest BCUT2D eigenvalue weighted by Gasteiger charge is 2.23. The predicted octanol–water partition coefficient (Wildman–Crippen LogP) is 1.71. The molecule has 1 aliphatic rings. The molecule has 5 nitrogen and oxygen atoms in total. The summed E-state index contributed by atoms with van der Waals surface area (Å²) in [6.07, 6.45) is 0. The molecule has 1 saturated heterocycles. The molecule has 1 aliphatic heterocycles. The summed E-state index contributed by atoms with van der Waals surface area (Å²) in [5, 5.41) is 0.702. The molecule has 0 saturated carbocycles. The lowest BCUT2D eigenvalue weighted by Gasteiger charge is -2.34. The van der Waals surface area contributed by atoms with Gasteiger partial charge < -0.3 is 19.4 Å². The average Bonchev–Trinajstić information content (AvgIpc) is 2.68. The van der Waals surface area contributed by atoms with Crippen LogP contribution < -0.4 is 14.5 Å². The van der Waals surface area contributed by atoms with Gasteiger partial charge in [-0.15, -0.1) is 0 Å². The van der Waals surface area contributed by atoms with Gasteiger partial charge in [0, 0.05) is 24.3 Å². The Hall–Kier alpha value is -2.24. The van der Waals surface area contributed by atoms with E-state index < -0.39 is 0 Å². The number of amides is 1. The summed E-state index contributed by atoms with van der Waals surface area (Å²) in [5.74, 6) is 1.04. The summed E-state index contributed by atoms with van der Waals surface area (Å²) in [6, 6.07) is 15.8. The Morgan fingerprint density at radius 3 is 2.52 bits per heavy atom. The van der Waals surface area contributed by atoms with Gasteiger partial charge in [0.15, 0.2) is 6.54 Å². The molecule has 2 aromatic rings. The van der Waals surface area contributed by atoms with Crippen molar-refractivity contribution in [1.29, 1.82) is 0 Å². The van der Waals surface area contributed by atoms with E-state index in [0.717, 1.165) is 37.5 Å². The Balaban J connectivity index is 1.47. The van der Waals surface area contributed by atoms with Gasteiger partial charge in [0.05, 0.1) is 33.3 Å². The lowest BCUT2D eigenvalue weighted by Crippen LogP contribution is -3.15. The van der Waals surface area contributed by atoms with E-state index in [0.29, 0.717) is 18.1 Å². The SMILES string of the molecule is COc1ccc(N2CC[NH+](CC(=O)N(C)Cc3cccc(Cl)c3)CC2)cc1. The molecule has 27 heavy (non-hydrogen) atoms. The monoisotopic (exact) mass is 388 g/mol. The summed E-state index contributed by atoms with van der Waals surface area (Å²) in [7, 11) is 3.54. The highest BCUT2D eigenvalue weighted by molar-refractivity contribution is 6.30. The van der Waals surface area contributed by atoms with Gasteiger partial charge in [0.2, 0.25) is 0 Å². The molecule has 0 spiro atoms. The lowest BCUT2D eigenvalue weighted by atomic mass is 10.2. The normalized spacial score (nSPS) is 14.9. The molecule has 144 valence electrons. The average molecular weight is 389 g/mol. The van der Waals surface area contributed by atoms with Gasteiger partial charge in [0.25, 0.3) is 5.91 Å². The fraction of sp³-hybridized carbons (Fsp3) is 0.381. The number of nitrogens with one attached hydrogen (secondary N) is 1. The number of piperazine rings is 1. The van der Waals surface area contributed by atoms with Crippen LogP contribution in [0.3, 0.4) is 0 Å². The largest absolute Gasteiger partial charge is 0.497 e. The predicted molar refractivity (Wildman–Crippen MR) is 109 cm³/mol. The van der Waals surface area contributed by atoms with Crippen LogP contribution in [0, 0.1) is 0 Å². The lowest BCUT2D eigenvalue weighted by molar-refractivity contribution is -0.892. The van der Waals surface area contributed by atoms with Gasteiger partial charge in [-0.25, -0.2) is 0 Å². The molecular weight excluding hydrogens is 362 g/mol. The number of anilines is 1. The minimum Gasteiger partial charge on any atom is -0.497 e. The second-order valence-corrected chi connectivity index (χ2v) is 7.43. The van der Waals surface area contributed by atoms with E-state index in [4.69, 9.17) is 16.3 Å². The molecule has 0 bridgehead atoms. The third-order valence-electron chi connectivity index (χ3n) is 5.04. The van der Waals surface area contributed by atoms with E-state index in [-0.39, 0.29) is 5.91 Å². The number of carbonyl (C=O) groups excluding carboxylic acids is 1. The van der Waals surface area contributed by atoms with Gasteiger partial charge in [-0.3, -0.25) is 4.79 Å². The van der Waals surface area contributed by atoms with Crippen molar-refractivity contribution in [3.05, 3.63) is 59.1 Å². The van der Waals surface area contributed by atoms with E-state index in [1.807, 2.05) is 43.4 Å². The third kappa shape index (κ3) is 5.37. The van der Waals surface area contributed by atoms with Gasteiger partial charge in [0.1, 0.15) is 5.75 Å². The van der Waals surface area contributed by atoms with Gasteiger partial charge in [-0.05, 0) is 42.0 Å². The number of benzene rings is 2. The van der Waals surface area contributed by atoms with Crippen LogP contribution in [0.2, 0.25) is 5.02 Å². The van der Waals surface area contributed by atoms with Gasteiger partial charge >= 0.3 is 0 Å². The van der Waals surface area contributed by atoms with Crippen molar-refractivity contribution >= 4 is 23.2 Å². The molecular formula is C21H27ClN3O2+.